The van der Waals surface area contributed by atoms with Crippen molar-refractivity contribution in [2.45, 2.75) is 51.2 Å². The van der Waals surface area contributed by atoms with Crippen LogP contribution in [0.15, 0.2) is 23.6 Å². The fraction of sp³-hybridized carbons (Fsp3) is 0.500. The van der Waals surface area contributed by atoms with E-state index in [1.54, 1.807) is 25.6 Å². The zero-order valence-corrected chi connectivity index (χ0v) is 18.0. The van der Waals surface area contributed by atoms with Crippen LogP contribution in [-0.4, -0.2) is 48.2 Å². The molecule has 3 aromatic rings. The Morgan fingerprint density at radius 3 is 2.62 bits per heavy atom. The van der Waals surface area contributed by atoms with Crippen molar-refractivity contribution in [2.24, 2.45) is 0 Å². The first-order valence-electron chi connectivity index (χ1n) is 9.79. The summed E-state index contributed by atoms with van der Waals surface area (Å²) in [6.45, 7) is 5.46. The molecule has 29 heavy (non-hydrogen) atoms. The largest absolute Gasteiger partial charge is 0.384 e. The van der Waals surface area contributed by atoms with Gasteiger partial charge in [-0.2, -0.15) is 0 Å². The lowest BCUT2D eigenvalue weighted by Gasteiger charge is -2.12. The van der Waals surface area contributed by atoms with Gasteiger partial charge in [-0.25, -0.2) is 19.9 Å². The zero-order chi connectivity index (χ0) is 20.8. The highest BCUT2D eigenvalue weighted by Crippen LogP contribution is 2.26. The minimum Gasteiger partial charge on any atom is -0.384 e. The summed E-state index contributed by atoms with van der Waals surface area (Å²) in [6, 6.07) is 1.73. The number of ether oxygens (including phenoxy) is 1. The van der Waals surface area contributed by atoms with E-state index < -0.39 is 10.8 Å². The average molecular weight is 417 g/mol. The Morgan fingerprint density at radius 2 is 1.90 bits per heavy atom. The molecule has 3 rings (SSSR count). The highest BCUT2D eigenvalue weighted by atomic mass is 32.2. The van der Waals surface area contributed by atoms with Crippen LogP contribution in [0.2, 0.25) is 0 Å². The Hall–Kier alpha value is -2.39. The third kappa shape index (κ3) is 4.97. The maximum atomic E-state index is 12.2. The fourth-order valence-electron chi connectivity index (χ4n) is 3.35. The van der Waals surface area contributed by atoms with Crippen LogP contribution in [0.25, 0.3) is 11.0 Å². The molecule has 0 fully saturated rings. The molecule has 9 heteroatoms. The molecule has 0 aliphatic carbocycles. The van der Waals surface area contributed by atoms with Gasteiger partial charge in [0.2, 0.25) is 5.16 Å². The summed E-state index contributed by atoms with van der Waals surface area (Å²) in [5, 5.41) is 0.407. The standard InChI is InChI=1S/C20H28N6O2S/c1-14-15(2)24-19(21)17-18(14)26(16(25-17)8-12-28-3)11-5-4-6-13-29(27)20-22-9-7-10-23-20/h7,9-10H,4-6,8,11-13H2,1-3H3,(H2,21,24). The Bertz CT molecular complexity index is 990. The molecule has 2 N–H and O–H groups in total. The van der Waals surface area contributed by atoms with Gasteiger partial charge < -0.3 is 15.0 Å². The monoisotopic (exact) mass is 416 g/mol. The van der Waals surface area contributed by atoms with Gasteiger partial charge in [0.1, 0.15) is 11.3 Å². The van der Waals surface area contributed by atoms with Gasteiger partial charge >= 0.3 is 0 Å². The van der Waals surface area contributed by atoms with E-state index in [4.69, 9.17) is 15.5 Å². The van der Waals surface area contributed by atoms with Crippen molar-refractivity contribution in [2.75, 3.05) is 25.2 Å². The van der Waals surface area contributed by atoms with Crippen LogP contribution in [-0.2, 0) is 28.5 Å². The fourth-order valence-corrected chi connectivity index (χ4v) is 4.35. The molecule has 0 aliphatic rings. The van der Waals surface area contributed by atoms with Crippen molar-refractivity contribution < 1.29 is 8.95 Å². The lowest BCUT2D eigenvalue weighted by atomic mass is 10.2. The number of fused-ring (bicyclic) bond motifs is 1. The summed E-state index contributed by atoms with van der Waals surface area (Å²) in [4.78, 5) is 17.3. The number of aryl methyl sites for hydroxylation is 3. The predicted octanol–water partition coefficient (Wildman–Crippen LogP) is 2.59. The van der Waals surface area contributed by atoms with Crippen molar-refractivity contribution in [1.82, 2.24) is 24.5 Å². The highest BCUT2D eigenvalue weighted by Gasteiger charge is 2.17. The zero-order valence-electron chi connectivity index (χ0n) is 17.2. The molecule has 8 nitrogen and oxygen atoms in total. The van der Waals surface area contributed by atoms with Gasteiger partial charge in [-0.15, -0.1) is 0 Å². The van der Waals surface area contributed by atoms with Crippen LogP contribution >= 0.6 is 0 Å². The van der Waals surface area contributed by atoms with Gasteiger partial charge in [-0.1, -0.05) is 6.42 Å². The van der Waals surface area contributed by atoms with E-state index in [1.165, 1.54) is 0 Å². The number of unbranched alkanes of at least 4 members (excludes halogenated alkanes) is 2. The summed E-state index contributed by atoms with van der Waals surface area (Å²) in [7, 11) is 0.542. The van der Waals surface area contributed by atoms with Gasteiger partial charge in [0.25, 0.3) is 0 Å². The van der Waals surface area contributed by atoms with E-state index in [0.717, 1.165) is 60.3 Å². The molecule has 0 saturated carbocycles. The van der Waals surface area contributed by atoms with Crippen molar-refractivity contribution in [3.05, 3.63) is 35.5 Å². The van der Waals surface area contributed by atoms with E-state index in [0.29, 0.717) is 23.3 Å². The molecule has 0 amide bonds. The number of pyridine rings is 1. The Morgan fingerprint density at radius 1 is 1.14 bits per heavy atom. The molecule has 3 aromatic heterocycles. The summed E-state index contributed by atoms with van der Waals surface area (Å²) in [5.41, 5.74) is 9.99. The average Bonchev–Trinajstić information content (AvgIpc) is 3.10. The molecule has 0 spiro atoms. The van der Waals surface area contributed by atoms with E-state index in [-0.39, 0.29) is 0 Å². The van der Waals surface area contributed by atoms with Crippen molar-refractivity contribution in [1.29, 1.82) is 0 Å². The SMILES string of the molecule is COCCc1nc2c(N)nc(C)c(C)c2n1CCCCCS(=O)c1ncccn1. The number of hydrogen-bond acceptors (Lipinski definition) is 7. The molecule has 1 unspecified atom stereocenters. The topological polar surface area (TPSA) is 109 Å². The molecular formula is C20H28N6O2S. The second-order valence-electron chi connectivity index (χ2n) is 6.97. The molecule has 0 radical (unpaired) electrons. The quantitative estimate of drug-likeness (QED) is 0.400. The van der Waals surface area contributed by atoms with Gasteiger partial charge in [-0.3, -0.25) is 4.21 Å². The van der Waals surface area contributed by atoms with Crippen LogP contribution < -0.4 is 5.73 Å². The Labute approximate surface area is 173 Å². The van der Waals surface area contributed by atoms with Gasteiger partial charge in [0.05, 0.1) is 22.9 Å². The molecule has 156 valence electrons. The number of imidazole rings is 1. The number of hydrogen-bond donors (Lipinski definition) is 1. The third-order valence-electron chi connectivity index (χ3n) is 4.96. The Balaban J connectivity index is 1.67. The summed E-state index contributed by atoms with van der Waals surface area (Å²) < 4.78 is 19.7. The van der Waals surface area contributed by atoms with E-state index in [2.05, 4.69) is 26.4 Å². The van der Waals surface area contributed by atoms with Crippen LogP contribution in [0.4, 0.5) is 5.82 Å². The second-order valence-corrected chi connectivity index (χ2v) is 8.43. The minimum atomic E-state index is -1.15. The molecule has 0 saturated heterocycles. The molecule has 0 aliphatic heterocycles. The first kappa shape index (κ1) is 21.3. The van der Waals surface area contributed by atoms with Crippen molar-refractivity contribution in [3.63, 3.8) is 0 Å². The summed E-state index contributed by atoms with van der Waals surface area (Å²) in [6.07, 6.45) is 6.73. The number of rotatable bonds is 10. The summed E-state index contributed by atoms with van der Waals surface area (Å²) >= 11 is 0. The first-order valence-corrected chi connectivity index (χ1v) is 11.1. The molecule has 0 bridgehead atoms. The van der Waals surface area contributed by atoms with Crippen LogP contribution in [0.5, 0.6) is 0 Å². The number of nitrogens with two attached hydrogens (primary N) is 1. The minimum absolute atomic E-state index is 0.407. The molecular weight excluding hydrogens is 388 g/mol. The smallest absolute Gasteiger partial charge is 0.218 e. The maximum Gasteiger partial charge on any atom is 0.218 e. The number of nitrogens with zero attached hydrogens (tertiary/aromatic N) is 5. The normalized spacial score (nSPS) is 12.5. The Kier molecular flexibility index (Phi) is 7.27. The first-order chi connectivity index (χ1) is 14.0. The molecule has 0 aromatic carbocycles. The predicted molar refractivity (Wildman–Crippen MR) is 114 cm³/mol. The summed E-state index contributed by atoms with van der Waals surface area (Å²) in [5.74, 6) is 2.00. The number of methoxy groups -OCH3 is 1. The molecule has 1 atom stereocenters. The van der Waals surface area contributed by atoms with Gasteiger partial charge in [0, 0.05) is 43.9 Å². The second kappa shape index (κ2) is 9.89. The van der Waals surface area contributed by atoms with Gasteiger partial charge in [0.15, 0.2) is 5.82 Å². The van der Waals surface area contributed by atoms with Crippen molar-refractivity contribution >= 4 is 27.7 Å². The molecule has 3 heterocycles. The number of nitrogen functional groups attached to an aromatic ring is 1. The lowest BCUT2D eigenvalue weighted by molar-refractivity contribution is 0.199. The van der Waals surface area contributed by atoms with Crippen LogP contribution in [0.3, 0.4) is 0 Å². The lowest BCUT2D eigenvalue weighted by Crippen LogP contribution is -2.09. The maximum absolute atomic E-state index is 12.2. The van der Waals surface area contributed by atoms with Crippen LogP contribution in [0.1, 0.15) is 36.3 Å². The third-order valence-corrected chi connectivity index (χ3v) is 6.24. The number of anilines is 1. The van der Waals surface area contributed by atoms with Crippen molar-refractivity contribution in [3.8, 4) is 0 Å². The van der Waals surface area contributed by atoms with E-state index in [9.17, 15) is 4.21 Å². The van der Waals surface area contributed by atoms with E-state index >= 15 is 0 Å². The highest BCUT2D eigenvalue weighted by molar-refractivity contribution is 7.84. The van der Waals surface area contributed by atoms with Gasteiger partial charge in [-0.05, 0) is 38.3 Å². The van der Waals surface area contributed by atoms with E-state index in [1.807, 2.05) is 6.92 Å². The number of aromatic nitrogens is 5. The van der Waals surface area contributed by atoms with Crippen LogP contribution in [0, 0.1) is 13.8 Å².